The van der Waals surface area contributed by atoms with Crippen LogP contribution in [0.25, 0.3) is 0 Å². The first-order chi connectivity index (χ1) is 8.97. The monoisotopic (exact) mass is 432 g/mol. The maximum absolute atomic E-state index is 13.1. The van der Waals surface area contributed by atoms with Crippen molar-refractivity contribution in [1.82, 2.24) is 0 Å². The van der Waals surface area contributed by atoms with E-state index in [4.69, 9.17) is 0 Å². The Balaban J connectivity index is 2.20. The van der Waals surface area contributed by atoms with Crippen LogP contribution in [0.1, 0.15) is 27.1 Å². The molecule has 0 saturated heterocycles. The van der Waals surface area contributed by atoms with E-state index >= 15 is 0 Å². The Labute approximate surface area is 135 Å². The number of halogens is 3. The molecular weight excluding hydrogens is 418 g/mol. The standard InChI is InChI=1S/C16H15BrFI/c1-10-3-4-12(7-11(10)2)8-15(17)14-6-5-13(18)9-16(14)19/h3-7,9,15H,8H2,1-2H3. The van der Waals surface area contributed by atoms with Gasteiger partial charge in [-0.2, -0.15) is 0 Å². The lowest BCUT2D eigenvalue weighted by Gasteiger charge is -2.13. The molecule has 0 aliphatic heterocycles. The van der Waals surface area contributed by atoms with Crippen molar-refractivity contribution in [3.05, 3.63) is 68.0 Å². The second-order valence-corrected chi connectivity index (χ2v) is 7.02. The molecular formula is C16H15BrFI. The first-order valence-corrected chi connectivity index (χ1v) is 8.12. The van der Waals surface area contributed by atoms with Gasteiger partial charge in [0.2, 0.25) is 0 Å². The van der Waals surface area contributed by atoms with Crippen molar-refractivity contribution in [2.24, 2.45) is 0 Å². The SMILES string of the molecule is Cc1ccc(CC(Br)c2ccc(F)cc2I)cc1C. The molecule has 0 bridgehead atoms. The minimum Gasteiger partial charge on any atom is -0.207 e. The molecule has 0 amide bonds. The van der Waals surface area contributed by atoms with Gasteiger partial charge in [0.05, 0.1) is 0 Å². The van der Waals surface area contributed by atoms with Crippen LogP contribution in [0.5, 0.6) is 0 Å². The van der Waals surface area contributed by atoms with E-state index in [0.717, 1.165) is 15.6 Å². The highest BCUT2D eigenvalue weighted by Gasteiger charge is 2.12. The van der Waals surface area contributed by atoms with Crippen molar-refractivity contribution in [3.8, 4) is 0 Å². The van der Waals surface area contributed by atoms with Crippen LogP contribution in [0.15, 0.2) is 36.4 Å². The summed E-state index contributed by atoms with van der Waals surface area (Å²) in [4.78, 5) is 0.210. The Kier molecular flexibility index (Phi) is 5.01. The van der Waals surface area contributed by atoms with Crippen LogP contribution < -0.4 is 0 Å². The summed E-state index contributed by atoms with van der Waals surface area (Å²) in [6, 6.07) is 11.5. The Bertz CT molecular complexity index is 595. The molecule has 2 aromatic rings. The number of aryl methyl sites for hydroxylation is 2. The van der Waals surface area contributed by atoms with Crippen LogP contribution >= 0.6 is 38.5 Å². The van der Waals surface area contributed by atoms with Gasteiger partial charge in [-0.25, -0.2) is 4.39 Å². The van der Waals surface area contributed by atoms with Gasteiger partial charge in [-0.3, -0.25) is 0 Å². The molecule has 0 nitrogen and oxygen atoms in total. The predicted molar refractivity (Wildman–Crippen MR) is 90.4 cm³/mol. The number of hydrogen-bond acceptors (Lipinski definition) is 0. The first-order valence-electron chi connectivity index (χ1n) is 6.12. The summed E-state index contributed by atoms with van der Waals surface area (Å²) in [5, 5.41) is 0. The molecule has 2 aromatic carbocycles. The fourth-order valence-electron chi connectivity index (χ4n) is 2.00. The van der Waals surface area contributed by atoms with E-state index in [2.05, 4.69) is 70.6 Å². The van der Waals surface area contributed by atoms with Gasteiger partial charge in [0.1, 0.15) is 5.82 Å². The Morgan fingerprint density at radius 1 is 1.11 bits per heavy atom. The largest absolute Gasteiger partial charge is 0.207 e. The van der Waals surface area contributed by atoms with Gasteiger partial charge >= 0.3 is 0 Å². The van der Waals surface area contributed by atoms with Gasteiger partial charge in [-0.15, -0.1) is 0 Å². The van der Waals surface area contributed by atoms with Crippen LogP contribution in [0.3, 0.4) is 0 Å². The molecule has 1 atom stereocenters. The minimum absolute atomic E-state index is 0.181. The molecule has 0 aliphatic carbocycles. The van der Waals surface area contributed by atoms with Crippen molar-refractivity contribution in [3.63, 3.8) is 0 Å². The quantitative estimate of drug-likeness (QED) is 0.429. The lowest BCUT2D eigenvalue weighted by Crippen LogP contribution is -1.99. The third-order valence-electron chi connectivity index (χ3n) is 3.29. The molecule has 0 aliphatic rings. The van der Waals surface area contributed by atoms with Crippen molar-refractivity contribution < 1.29 is 4.39 Å². The highest BCUT2D eigenvalue weighted by Crippen LogP contribution is 2.31. The lowest BCUT2D eigenvalue weighted by molar-refractivity contribution is 0.625. The van der Waals surface area contributed by atoms with Crippen molar-refractivity contribution in [2.45, 2.75) is 25.1 Å². The van der Waals surface area contributed by atoms with Crippen molar-refractivity contribution in [2.75, 3.05) is 0 Å². The van der Waals surface area contributed by atoms with Crippen molar-refractivity contribution in [1.29, 1.82) is 0 Å². The summed E-state index contributed by atoms with van der Waals surface area (Å²) in [6.45, 7) is 4.25. The van der Waals surface area contributed by atoms with E-state index in [1.165, 1.54) is 22.8 Å². The third-order valence-corrected chi connectivity index (χ3v) is 5.04. The Morgan fingerprint density at radius 2 is 1.84 bits per heavy atom. The molecule has 19 heavy (non-hydrogen) atoms. The molecule has 0 spiro atoms. The fourth-order valence-corrected chi connectivity index (χ4v) is 4.06. The van der Waals surface area contributed by atoms with Crippen molar-refractivity contribution >= 4 is 38.5 Å². The molecule has 0 heterocycles. The van der Waals surface area contributed by atoms with Gasteiger partial charge in [-0.1, -0.05) is 40.2 Å². The molecule has 3 heteroatoms. The maximum atomic E-state index is 13.1. The summed E-state index contributed by atoms with van der Waals surface area (Å²) < 4.78 is 14.1. The fraction of sp³-hybridized carbons (Fsp3) is 0.250. The third kappa shape index (κ3) is 3.78. The van der Waals surface area contributed by atoms with Gasteiger partial charge in [0, 0.05) is 8.40 Å². The zero-order chi connectivity index (χ0) is 14.0. The molecule has 0 fully saturated rings. The number of alkyl halides is 1. The Hall–Kier alpha value is -0.420. The van der Waals surface area contributed by atoms with Gasteiger partial charge in [0.15, 0.2) is 0 Å². The average Bonchev–Trinajstić information content (AvgIpc) is 2.33. The highest BCUT2D eigenvalue weighted by atomic mass is 127. The van der Waals surface area contributed by atoms with Crippen LogP contribution in [0, 0.1) is 23.2 Å². The molecule has 0 N–H and O–H groups in total. The summed E-state index contributed by atoms with van der Waals surface area (Å²) in [7, 11) is 0. The molecule has 0 aromatic heterocycles. The van der Waals surface area contributed by atoms with Gasteiger partial charge in [0.25, 0.3) is 0 Å². The summed E-state index contributed by atoms with van der Waals surface area (Å²) in [6.07, 6.45) is 0.906. The first kappa shape index (κ1) is 15.0. The molecule has 2 rings (SSSR count). The van der Waals surface area contributed by atoms with E-state index in [1.54, 1.807) is 6.07 Å². The molecule has 100 valence electrons. The number of rotatable bonds is 3. The zero-order valence-electron chi connectivity index (χ0n) is 10.9. The lowest BCUT2D eigenvalue weighted by atomic mass is 10.0. The second kappa shape index (κ2) is 6.35. The van der Waals surface area contributed by atoms with Crippen LogP contribution in [0.2, 0.25) is 0 Å². The van der Waals surface area contributed by atoms with Gasteiger partial charge in [-0.05, 0) is 77.2 Å². The maximum Gasteiger partial charge on any atom is 0.124 e. The van der Waals surface area contributed by atoms with Gasteiger partial charge < -0.3 is 0 Å². The number of hydrogen-bond donors (Lipinski definition) is 0. The van der Waals surface area contributed by atoms with E-state index < -0.39 is 0 Å². The second-order valence-electron chi connectivity index (χ2n) is 4.76. The molecule has 0 radical (unpaired) electrons. The van der Waals surface area contributed by atoms with E-state index in [1.807, 2.05) is 6.07 Å². The summed E-state index contributed by atoms with van der Waals surface area (Å²) in [5.41, 5.74) is 5.06. The summed E-state index contributed by atoms with van der Waals surface area (Å²) >= 11 is 5.90. The van der Waals surface area contributed by atoms with Crippen LogP contribution in [0.4, 0.5) is 4.39 Å². The summed E-state index contributed by atoms with van der Waals surface area (Å²) in [5.74, 6) is -0.181. The number of benzene rings is 2. The molecule has 1 unspecified atom stereocenters. The van der Waals surface area contributed by atoms with E-state index in [-0.39, 0.29) is 10.6 Å². The van der Waals surface area contributed by atoms with Crippen LogP contribution in [-0.2, 0) is 6.42 Å². The molecule has 0 saturated carbocycles. The Morgan fingerprint density at radius 3 is 2.47 bits per heavy atom. The normalized spacial score (nSPS) is 12.5. The zero-order valence-corrected chi connectivity index (χ0v) is 14.6. The van der Waals surface area contributed by atoms with Crippen LogP contribution in [-0.4, -0.2) is 0 Å². The minimum atomic E-state index is -0.181. The predicted octanol–water partition coefficient (Wildman–Crippen LogP) is 5.73. The highest BCUT2D eigenvalue weighted by molar-refractivity contribution is 14.1. The van der Waals surface area contributed by atoms with E-state index in [9.17, 15) is 4.39 Å². The topological polar surface area (TPSA) is 0 Å². The average molecular weight is 433 g/mol. The van der Waals surface area contributed by atoms with E-state index in [0.29, 0.717) is 0 Å². The smallest absolute Gasteiger partial charge is 0.124 e.